The third-order valence-electron chi connectivity index (χ3n) is 6.53. The molecule has 0 radical (unpaired) electrons. The first-order chi connectivity index (χ1) is 16.5. The van der Waals surface area contributed by atoms with Crippen molar-refractivity contribution in [3.8, 4) is 11.8 Å². The number of benzene rings is 2. The zero-order valence-corrected chi connectivity index (χ0v) is 22.7. The van der Waals surface area contributed by atoms with Crippen molar-refractivity contribution < 1.29 is 9.84 Å². The normalized spacial score (nSPS) is 16.2. The Hall–Kier alpha value is -2.52. The number of phenolic OH excluding ortho intramolecular Hbond substituents is 1. The minimum absolute atomic E-state index is 0. The maximum absolute atomic E-state index is 10.4. The van der Waals surface area contributed by atoms with E-state index in [-0.39, 0.29) is 36.7 Å². The average Bonchev–Trinajstić information content (AvgIpc) is 2.82. The highest BCUT2D eigenvalue weighted by atomic mass is 35.5. The van der Waals surface area contributed by atoms with Gasteiger partial charge in [-0.1, -0.05) is 24.3 Å². The van der Waals surface area contributed by atoms with Gasteiger partial charge in [0.15, 0.2) is 0 Å². The highest BCUT2D eigenvalue weighted by molar-refractivity contribution is 5.95. The number of piperazine rings is 1. The van der Waals surface area contributed by atoms with E-state index < -0.39 is 0 Å². The van der Waals surface area contributed by atoms with E-state index in [1.54, 1.807) is 0 Å². The van der Waals surface area contributed by atoms with Gasteiger partial charge < -0.3 is 29.9 Å². The van der Waals surface area contributed by atoms with Crippen LogP contribution in [0.3, 0.4) is 0 Å². The number of rotatable bonds is 6. The minimum Gasteiger partial charge on any atom is -0.508 e. The molecule has 3 aromatic rings. The number of likely N-dealkylation sites (N-methyl/N-ethyl adjacent to an activating group) is 1. The first-order valence-electron chi connectivity index (χ1n) is 12.1. The van der Waals surface area contributed by atoms with Crippen molar-refractivity contribution in [3.05, 3.63) is 47.7 Å². The lowest BCUT2D eigenvalue weighted by atomic mass is 10.0. The number of aromatic nitrogens is 2. The third kappa shape index (κ3) is 6.06. The molecular formula is C26H36Cl2N6O2. The van der Waals surface area contributed by atoms with E-state index in [1.807, 2.05) is 44.4 Å². The van der Waals surface area contributed by atoms with E-state index in [0.29, 0.717) is 12.6 Å². The molecule has 1 saturated heterocycles. The number of aromatic hydroxyl groups is 1. The first-order valence-corrected chi connectivity index (χ1v) is 12.1. The standard InChI is InChI=1S/C26H34N6O2.2ClH/c1-18(16-30(2)3)34-26-28-23-17-32(24-15-20(33)14-19-6-4-5-7-21(19)24)11-8-22(23)25(29-26)31-12-9-27-10-13-31;;/h4-7,14-15,18,27,33H,8-13,16-17H2,1-3H3;2*1H/t18-;;/m1../s1. The molecule has 3 heterocycles. The predicted molar refractivity (Wildman–Crippen MR) is 151 cm³/mol. The third-order valence-corrected chi connectivity index (χ3v) is 6.53. The molecule has 2 aliphatic rings. The monoisotopic (exact) mass is 534 g/mol. The van der Waals surface area contributed by atoms with Crippen LogP contribution in [0.1, 0.15) is 18.2 Å². The zero-order valence-electron chi connectivity index (χ0n) is 21.1. The summed E-state index contributed by atoms with van der Waals surface area (Å²) in [6.07, 6.45) is 0.838. The van der Waals surface area contributed by atoms with Crippen LogP contribution >= 0.6 is 24.8 Å². The molecule has 2 aromatic carbocycles. The van der Waals surface area contributed by atoms with Gasteiger partial charge >= 0.3 is 6.01 Å². The number of nitrogens with one attached hydrogen (secondary N) is 1. The van der Waals surface area contributed by atoms with Gasteiger partial charge in [0.25, 0.3) is 0 Å². The molecule has 5 rings (SSSR count). The number of fused-ring (bicyclic) bond motifs is 2. The smallest absolute Gasteiger partial charge is 0.318 e. The molecule has 0 amide bonds. The van der Waals surface area contributed by atoms with Crippen LogP contribution in [0.5, 0.6) is 11.8 Å². The van der Waals surface area contributed by atoms with E-state index in [0.717, 1.165) is 73.7 Å². The SMILES string of the molecule is C[C@H](CN(C)C)Oc1nc2c(c(N3CCNCC3)n1)CCN(c1cc(O)cc3ccccc13)C2.Cl.Cl. The molecule has 1 atom stereocenters. The summed E-state index contributed by atoms with van der Waals surface area (Å²) in [5.74, 6) is 1.30. The van der Waals surface area contributed by atoms with Crippen LogP contribution in [0, 0.1) is 0 Å². The second-order valence-corrected chi connectivity index (χ2v) is 9.54. The second kappa shape index (κ2) is 12.1. The maximum atomic E-state index is 10.4. The van der Waals surface area contributed by atoms with Crippen molar-refractivity contribution in [2.75, 3.05) is 63.2 Å². The molecule has 0 bridgehead atoms. The predicted octanol–water partition coefficient (Wildman–Crippen LogP) is 3.48. The summed E-state index contributed by atoms with van der Waals surface area (Å²) in [6, 6.07) is 12.3. The Labute approximate surface area is 225 Å². The van der Waals surface area contributed by atoms with E-state index in [4.69, 9.17) is 14.7 Å². The summed E-state index contributed by atoms with van der Waals surface area (Å²) >= 11 is 0. The Morgan fingerprint density at radius 3 is 2.56 bits per heavy atom. The molecule has 1 aromatic heterocycles. The molecule has 0 saturated carbocycles. The Bertz CT molecular complexity index is 1170. The highest BCUT2D eigenvalue weighted by Crippen LogP contribution is 2.36. The van der Waals surface area contributed by atoms with Crippen LogP contribution in [0.4, 0.5) is 11.5 Å². The van der Waals surface area contributed by atoms with Crippen LogP contribution in [0.25, 0.3) is 10.8 Å². The van der Waals surface area contributed by atoms with Gasteiger partial charge in [0.1, 0.15) is 17.7 Å². The van der Waals surface area contributed by atoms with Crippen molar-refractivity contribution in [2.45, 2.75) is 26.0 Å². The number of nitrogens with zero attached hydrogens (tertiary/aromatic N) is 5. The lowest BCUT2D eigenvalue weighted by molar-refractivity contribution is 0.163. The molecule has 10 heteroatoms. The van der Waals surface area contributed by atoms with Gasteiger partial charge in [0.2, 0.25) is 0 Å². The van der Waals surface area contributed by atoms with Gasteiger partial charge in [0.05, 0.1) is 12.2 Å². The quantitative estimate of drug-likeness (QED) is 0.497. The Kier molecular flexibility index (Phi) is 9.47. The Balaban J connectivity index is 0.00000180. The number of hydrogen-bond donors (Lipinski definition) is 2. The lowest BCUT2D eigenvalue weighted by Crippen LogP contribution is -2.45. The molecule has 1 fully saturated rings. The lowest BCUT2D eigenvalue weighted by Gasteiger charge is -2.35. The fourth-order valence-corrected chi connectivity index (χ4v) is 5.05. The molecule has 2 aliphatic heterocycles. The topological polar surface area (TPSA) is 77.0 Å². The summed E-state index contributed by atoms with van der Waals surface area (Å²) in [5, 5.41) is 16.0. The van der Waals surface area contributed by atoms with Crippen LogP contribution in [0.2, 0.25) is 0 Å². The number of ether oxygens (including phenoxy) is 1. The number of phenols is 1. The average molecular weight is 536 g/mol. The Morgan fingerprint density at radius 2 is 1.81 bits per heavy atom. The molecule has 196 valence electrons. The van der Waals surface area contributed by atoms with Crippen LogP contribution in [0.15, 0.2) is 36.4 Å². The summed E-state index contributed by atoms with van der Waals surface area (Å²) in [6.45, 7) is 8.11. The van der Waals surface area contributed by atoms with Crippen molar-refractivity contribution in [1.82, 2.24) is 20.2 Å². The highest BCUT2D eigenvalue weighted by Gasteiger charge is 2.27. The van der Waals surface area contributed by atoms with E-state index in [9.17, 15) is 5.11 Å². The summed E-state index contributed by atoms with van der Waals surface area (Å²) < 4.78 is 6.19. The molecule has 36 heavy (non-hydrogen) atoms. The van der Waals surface area contributed by atoms with Gasteiger partial charge in [-0.3, -0.25) is 0 Å². The number of halogens is 2. The largest absolute Gasteiger partial charge is 0.508 e. The fraction of sp³-hybridized carbons (Fsp3) is 0.462. The van der Waals surface area contributed by atoms with Crippen molar-refractivity contribution in [1.29, 1.82) is 0 Å². The van der Waals surface area contributed by atoms with Crippen LogP contribution < -0.4 is 19.9 Å². The minimum atomic E-state index is -0.0152. The fourth-order valence-electron chi connectivity index (χ4n) is 5.05. The maximum Gasteiger partial charge on any atom is 0.318 e. The van der Waals surface area contributed by atoms with E-state index in [2.05, 4.69) is 33.0 Å². The Morgan fingerprint density at radius 1 is 1.06 bits per heavy atom. The van der Waals surface area contributed by atoms with Crippen molar-refractivity contribution in [3.63, 3.8) is 0 Å². The van der Waals surface area contributed by atoms with Gasteiger partial charge in [-0.2, -0.15) is 9.97 Å². The molecule has 0 spiro atoms. The zero-order chi connectivity index (χ0) is 23.7. The van der Waals surface area contributed by atoms with Crippen molar-refractivity contribution in [2.24, 2.45) is 0 Å². The van der Waals surface area contributed by atoms with Crippen LogP contribution in [-0.2, 0) is 13.0 Å². The second-order valence-electron chi connectivity index (χ2n) is 9.54. The number of anilines is 2. The molecule has 8 nitrogen and oxygen atoms in total. The van der Waals surface area contributed by atoms with Gasteiger partial charge in [-0.05, 0) is 38.9 Å². The number of hydrogen-bond acceptors (Lipinski definition) is 8. The molecule has 0 unspecified atom stereocenters. The van der Waals surface area contributed by atoms with E-state index in [1.165, 1.54) is 5.56 Å². The van der Waals surface area contributed by atoms with Gasteiger partial charge in [0, 0.05) is 62.0 Å². The molecule has 2 N–H and O–H groups in total. The first kappa shape index (κ1) is 28.1. The molecular weight excluding hydrogens is 499 g/mol. The van der Waals surface area contributed by atoms with Gasteiger partial charge in [-0.15, -0.1) is 24.8 Å². The van der Waals surface area contributed by atoms with E-state index >= 15 is 0 Å². The summed E-state index contributed by atoms with van der Waals surface area (Å²) in [4.78, 5) is 16.6. The van der Waals surface area contributed by atoms with Gasteiger partial charge in [-0.25, -0.2) is 0 Å². The summed E-state index contributed by atoms with van der Waals surface area (Å²) in [7, 11) is 4.08. The van der Waals surface area contributed by atoms with Crippen LogP contribution in [-0.4, -0.2) is 79.4 Å². The van der Waals surface area contributed by atoms with Crippen molar-refractivity contribution >= 4 is 47.1 Å². The molecule has 0 aliphatic carbocycles. The summed E-state index contributed by atoms with van der Waals surface area (Å²) in [5.41, 5.74) is 3.26.